The maximum absolute atomic E-state index is 9.91. The molecule has 4 heteroatoms. The van der Waals surface area contributed by atoms with Crippen LogP contribution in [0.2, 0.25) is 0 Å². The van der Waals surface area contributed by atoms with Gasteiger partial charge in [-0.2, -0.15) is 11.8 Å². The van der Waals surface area contributed by atoms with Crippen molar-refractivity contribution in [2.75, 3.05) is 11.5 Å². The Hall–Kier alpha value is -0.580. The summed E-state index contributed by atoms with van der Waals surface area (Å²) < 4.78 is 1.21. The van der Waals surface area contributed by atoms with Gasteiger partial charge in [-0.1, -0.05) is 19.1 Å². The van der Waals surface area contributed by atoms with E-state index in [2.05, 4.69) is 18.0 Å². The van der Waals surface area contributed by atoms with Crippen LogP contribution in [0.3, 0.4) is 0 Å². The van der Waals surface area contributed by atoms with Crippen molar-refractivity contribution in [2.24, 2.45) is 0 Å². The number of nitrogens with zero attached hydrogens (tertiary/aromatic N) is 1. The number of hydrogen-bond donors (Lipinski definition) is 1. The molecular formula is C13H17NOS2. The van der Waals surface area contributed by atoms with E-state index in [4.69, 9.17) is 0 Å². The van der Waals surface area contributed by atoms with Crippen molar-refractivity contribution in [3.63, 3.8) is 0 Å². The summed E-state index contributed by atoms with van der Waals surface area (Å²) in [6.07, 6.45) is 1.28. The molecule has 0 radical (unpaired) electrons. The van der Waals surface area contributed by atoms with Crippen LogP contribution in [0.5, 0.6) is 0 Å². The fraction of sp³-hybridized carbons (Fsp3) is 0.462. The Morgan fingerprint density at radius 3 is 3.00 bits per heavy atom. The highest BCUT2D eigenvalue weighted by Crippen LogP contribution is 2.23. The molecule has 1 aromatic heterocycles. The largest absolute Gasteiger partial charge is 0.393 e. The molecule has 0 saturated carbocycles. The van der Waals surface area contributed by atoms with Crippen molar-refractivity contribution in [3.8, 4) is 0 Å². The van der Waals surface area contributed by atoms with E-state index >= 15 is 0 Å². The predicted molar refractivity (Wildman–Crippen MR) is 76.9 cm³/mol. The van der Waals surface area contributed by atoms with Crippen molar-refractivity contribution < 1.29 is 5.11 Å². The number of thiazole rings is 1. The second-order valence-electron chi connectivity index (χ2n) is 3.92. The number of aliphatic hydroxyl groups excluding tert-OH is 1. The zero-order valence-electron chi connectivity index (χ0n) is 9.93. The molecule has 1 N–H and O–H groups in total. The minimum atomic E-state index is -0.255. The average Bonchev–Trinajstić information content (AvgIpc) is 2.71. The number of aromatic nitrogens is 1. The summed E-state index contributed by atoms with van der Waals surface area (Å²) in [6.45, 7) is 2.14. The SMILES string of the molecule is CCSCCC(O)Cc1nc2ccccc2s1. The molecule has 0 bridgehead atoms. The van der Waals surface area contributed by atoms with Crippen LogP contribution in [0.4, 0.5) is 0 Å². The number of benzene rings is 1. The van der Waals surface area contributed by atoms with Crippen molar-refractivity contribution in [1.29, 1.82) is 0 Å². The summed E-state index contributed by atoms with van der Waals surface area (Å²) >= 11 is 3.56. The van der Waals surface area contributed by atoms with Crippen molar-refractivity contribution >= 4 is 33.3 Å². The molecule has 1 aromatic carbocycles. The quantitative estimate of drug-likeness (QED) is 0.815. The van der Waals surface area contributed by atoms with Gasteiger partial charge in [0.2, 0.25) is 0 Å². The molecule has 1 heterocycles. The third kappa shape index (κ3) is 3.69. The van der Waals surface area contributed by atoms with Gasteiger partial charge in [-0.05, 0) is 30.1 Å². The van der Waals surface area contributed by atoms with Crippen LogP contribution in [0, 0.1) is 0 Å². The van der Waals surface area contributed by atoms with E-state index in [1.54, 1.807) is 11.3 Å². The molecule has 17 heavy (non-hydrogen) atoms. The molecule has 0 amide bonds. The maximum atomic E-state index is 9.91. The molecule has 2 aromatic rings. The van der Waals surface area contributed by atoms with Crippen LogP contribution in [0.15, 0.2) is 24.3 Å². The Morgan fingerprint density at radius 2 is 2.24 bits per heavy atom. The summed E-state index contributed by atoms with van der Waals surface area (Å²) in [7, 11) is 0. The predicted octanol–water partition coefficient (Wildman–Crippen LogP) is 3.34. The number of para-hydroxylation sites is 1. The molecule has 0 saturated heterocycles. The first-order valence-electron chi connectivity index (χ1n) is 5.90. The van der Waals surface area contributed by atoms with Crippen LogP contribution >= 0.6 is 23.1 Å². The lowest BCUT2D eigenvalue weighted by atomic mass is 10.2. The smallest absolute Gasteiger partial charge is 0.0964 e. The second kappa shape index (κ2) is 6.38. The Morgan fingerprint density at radius 1 is 1.41 bits per heavy atom. The third-order valence-electron chi connectivity index (χ3n) is 2.55. The lowest BCUT2D eigenvalue weighted by molar-refractivity contribution is 0.172. The van der Waals surface area contributed by atoms with Gasteiger partial charge in [0.25, 0.3) is 0 Å². The van der Waals surface area contributed by atoms with E-state index < -0.39 is 0 Å². The minimum absolute atomic E-state index is 0.255. The lowest BCUT2D eigenvalue weighted by Crippen LogP contribution is -2.11. The van der Waals surface area contributed by atoms with Crippen molar-refractivity contribution in [2.45, 2.75) is 25.9 Å². The van der Waals surface area contributed by atoms with E-state index in [0.717, 1.165) is 28.5 Å². The molecule has 1 atom stereocenters. The van der Waals surface area contributed by atoms with Gasteiger partial charge in [0, 0.05) is 6.42 Å². The lowest BCUT2D eigenvalue weighted by Gasteiger charge is -2.07. The molecule has 92 valence electrons. The number of fused-ring (bicyclic) bond motifs is 1. The highest BCUT2D eigenvalue weighted by atomic mass is 32.2. The molecule has 0 spiro atoms. The molecule has 0 aliphatic heterocycles. The van der Waals surface area contributed by atoms with Gasteiger partial charge >= 0.3 is 0 Å². The topological polar surface area (TPSA) is 33.1 Å². The first-order chi connectivity index (χ1) is 8.29. The van der Waals surface area contributed by atoms with Gasteiger partial charge in [0.1, 0.15) is 0 Å². The van der Waals surface area contributed by atoms with Crippen LogP contribution in [0.1, 0.15) is 18.4 Å². The molecule has 1 unspecified atom stereocenters. The van der Waals surface area contributed by atoms with Crippen LogP contribution in [-0.4, -0.2) is 27.7 Å². The number of rotatable bonds is 6. The second-order valence-corrected chi connectivity index (χ2v) is 6.43. The van der Waals surface area contributed by atoms with E-state index in [1.165, 1.54) is 4.70 Å². The summed E-state index contributed by atoms with van der Waals surface area (Å²) in [5, 5.41) is 10.9. The molecule has 0 fully saturated rings. The van der Waals surface area contributed by atoms with Crippen LogP contribution in [-0.2, 0) is 6.42 Å². The van der Waals surface area contributed by atoms with Gasteiger partial charge in [-0.3, -0.25) is 0 Å². The van der Waals surface area contributed by atoms with E-state index in [-0.39, 0.29) is 6.10 Å². The fourth-order valence-corrected chi connectivity index (χ4v) is 3.44. The highest BCUT2D eigenvalue weighted by Gasteiger charge is 2.09. The Balaban J connectivity index is 1.93. The Bertz CT molecular complexity index is 436. The van der Waals surface area contributed by atoms with Gasteiger partial charge < -0.3 is 5.11 Å². The average molecular weight is 267 g/mol. The van der Waals surface area contributed by atoms with Gasteiger partial charge in [-0.15, -0.1) is 11.3 Å². The normalized spacial score (nSPS) is 13.1. The first kappa shape index (κ1) is 12.9. The molecular weight excluding hydrogens is 250 g/mol. The van der Waals surface area contributed by atoms with Gasteiger partial charge in [0.05, 0.1) is 21.3 Å². The Labute approximate surface area is 110 Å². The van der Waals surface area contributed by atoms with E-state index in [0.29, 0.717) is 6.42 Å². The zero-order valence-corrected chi connectivity index (χ0v) is 11.6. The standard InChI is InChI=1S/C13H17NOS2/c1-2-16-8-7-10(15)9-13-14-11-5-3-4-6-12(11)17-13/h3-6,10,15H,2,7-9H2,1H3. The van der Waals surface area contributed by atoms with Crippen LogP contribution < -0.4 is 0 Å². The maximum Gasteiger partial charge on any atom is 0.0964 e. The van der Waals surface area contributed by atoms with E-state index in [1.807, 2.05) is 30.0 Å². The highest BCUT2D eigenvalue weighted by molar-refractivity contribution is 7.99. The third-order valence-corrected chi connectivity index (χ3v) is 4.54. The number of thioether (sulfide) groups is 1. The molecule has 2 rings (SSSR count). The summed E-state index contributed by atoms with van der Waals surface area (Å²) in [5.74, 6) is 2.15. The van der Waals surface area contributed by atoms with E-state index in [9.17, 15) is 5.11 Å². The molecule has 0 aliphatic rings. The molecule has 2 nitrogen and oxygen atoms in total. The Kier molecular flexibility index (Phi) is 4.83. The summed E-state index contributed by atoms with van der Waals surface area (Å²) in [4.78, 5) is 4.53. The van der Waals surface area contributed by atoms with Gasteiger partial charge in [0.15, 0.2) is 0 Å². The zero-order chi connectivity index (χ0) is 12.1. The van der Waals surface area contributed by atoms with Gasteiger partial charge in [-0.25, -0.2) is 4.98 Å². The minimum Gasteiger partial charge on any atom is -0.393 e. The number of hydrogen-bond acceptors (Lipinski definition) is 4. The monoisotopic (exact) mass is 267 g/mol. The summed E-state index contributed by atoms with van der Waals surface area (Å²) in [5.41, 5.74) is 1.04. The first-order valence-corrected chi connectivity index (χ1v) is 7.87. The number of aliphatic hydroxyl groups is 1. The molecule has 0 aliphatic carbocycles. The van der Waals surface area contributed by atoms with Crippen molar-refractivity contribution in [3.05, 3.63) is 29.3 Å². The fourth-order valence-electron chi connectivity index (χ4n) is 1.67. The summed E-state index contributed by atoms with van der Waals surface area (Å²) in [6, 6.07) is 8.13. The van der Waals surface area contributed by atoms with Crippen molar-refractivity contribution in [1.82, 2.24) is 4.98 Å². The van der Waals surface area contributed by atoms with Crippen LogP contribution in [0.25, 0.3) is 10.2 Å².